The Morgan fingerprint density at radius 3 is 2.59 bits per heavy atom. The van der Waals surface area contributed by atoms with Gasteiger partial charge in [-0.25, -0.2) is 9.97 Å². The molecule has 94 valence electrons. The standard InChI is InChI=1S/C12H19N3O2/c1-4-17-11(16)6-5-7-13-12-14-9(2)8-10(3)15-12/h8H,4-7H2,1-3H3,(H,13,14,15). The second kappa shape index (κ2) is 6.83. The molecule has 17 heavy (non-hydrogen) atoms. The first kappa shape index (κ1) is 13.4. The minimum atomic E-state index is -0.157. The van der Waals surface area contributed by atoms with Crippen molar-refractivity contribution in [1.82, 2.24) is 9.97 Å². The Bertz CT molecular complexity index is 360. The number of rotatable bonds is 6. The van der Waals surface area contributed by atoms with Crippen LogP contribution < -0.4 is 5.32 Å². The summed E-state index contributed by atoms with van der Waals surface area (Å²) in [5.74, 6) is 0.460. The summed E-state index contributed by atoms with van der Waals surface area (Å²) in [5.41, 5.74) is 1.87. The van der Waals surface area contributed by atoms with Crippen molar-refractivity contribution in [3.05, 3.63) is 17.5 Å². The molecule has 0 aliphatic carbocycles. The third kappa shape index (κ3) is 5.29. The average molecular weight is 237 g/mol. The molecule has 0 radical (unpaired) electrons. The number of aryl methyl sites for hydroxylation is 2. The van der Waals surface area contributed by atoms with Crippen molar-refractivity contribution in [1.29, 1.82) is 0 Å². The van der Waals surface area contributed by atoms with Gasteiger partial charge in [-0.1, -0.05) is 0 Å². The maximum absolute atomic E-state index is 11.1. The highest BCUT2D eigenvalue weighted by Gasteiger charge is 2.02. The first-order valence-corrected chi connectivity index (χ1v) is 5.83. The molecule has 1 N–H and O–H groups in total. The van der Waals surface area contributed by atoms with Crippen molar-refractivity contribution < 1.29 is 9.53 Å². The van der Waals surface area contributed by atoms with Gasteiger partial charge >= 0.3 is 5.97 Å². The summed E-state index contributed by atoms with van der Waals surface area (Å²) in [6.45, 7) is 6.77. The predicted molar refractivity (Wildman–Crippen MR) is 65.9 cm³/mol. The zero-order valence-corrected chi connectivity index (χ0v) is 10.6. The number of ether oxygens (including phenoxy) is 1. The van der Waals surface area contributed by atoms with Crippen LogP contribution in [0.15, 0.2) is 6.07 Å². The predicted octanol–water partition coefficient (Wildman–Crippen LogP) is 1.85. The Morgan fingerprint density at radius 1 is 1.35 bits per heavy atom. The third-order valence-electron chi connectivity index (χ3n) is 2.13. The van der Waals surface area contributed by atoms with Crippen molar-refractivity contribution >= 4 is 11.9 Å². The molecule has 1 rings (SSSR count). The van der Waals surface area contributed by atoms with Crippen molar-refractivity contribution in [2.75, 3.05) is 18.5 Å². The molecule has 1 heterocycles. The Morgan fingerprint density at radius 2 is 2.00 bits per heavy atom. The smallest absolute Gasteiger partial charge is 0.305 e. The van der Waals surface area contributed by atoms with Gasteiger partial charge in [0.2, 0.25) is 5.95 Å². The van der Waals surface area contributed by atoms with Crippen LogP contribution in [-0.2, 0) is 9.53 Å². The van der Waals surface area contributed by atoms with Crippen LogP contribution in [0.2, 0.25) is 0 Å². The number of carbonyl (C=O) groups is 1. The summed E-state index contributed by atoms with van der Waals surface area (Å²) in [6.07, 6.45) is 1.14. The minimum Gasteiger partial charge on any atom is -0.466 e. The highest BCUT2D eigenvalue weighted by atomic mass is 16.5. The van der Waals surface area contributed by atoms with Gasteiger partial charge in [-0.2, -0.15) is 0 Å². The molecule has 0 bridgehead atoms. The van der Waals surface area contributed by atoms with Gasteiger partial charge in [0, 0.05) is 24.4 Å². The molecular weight excluding hydrogens is 218 g/mol. The van der Waals surface area contributed by atoms with E-state index in [4.69, 9.17) is 4.74 Å². The van der Waals surface area contributed by atoms with Gasteiger partial charge in [-0.05, 0) is 33.3 Å². The van der Waals surface area contributed by atoms with Crippen molar-refractivity contribution in [2.24, 2.45) is 0 Å². The summed E-state index contributed by atoms with van der Waals surface area (Å²) in [5, 5.41) is 3.09. The molecule has 0 fully saturated rings. The van der Waals surface area contributed by atoms with E-state index in [1.807, 2.05) is 19.9 Å². The van der Waals surface area contributed by atoms with Gasteiger partial charge in [0.25, 0.3) is 0 Å². The molecule has 0 spiro atoms. The maximum atomic E-state index is 11.1. The van der Waals surface area contributed by atoms with E-state index in [2.05, 4.69) is 15.3 Å². The summed E-state index contributed by atoms with van der Waals surface area (Å²) >= 11 is 0. The van der Waals surface area contributed by atoms with Crippen LogP contribution >= 0.6 is 0 Å². The fourth-order valence-corrected chi connectivity index (χ4v) is 1.47. The highest BCUT2D eigenvalue weighted by molar-refractivity contribution is 5.69. The molecule has 0 atom stereocenters. The van der Waals surface area contributed by atoms with Gasteiger partial charge < -0.3 is 10.1 Å². The van der Waals surface area contributed by atoms with Crippen LogP contribution in [0.4, 0.5) is 5.95 Å². The summed E-state index contributed by atoms with van der Waals surface area (Å²) in [7, 11) is 0. The molecule has 0 saturated carbocycles. The van der Waals surface area contributed by atoms with Gasteiger partial charge in [-0.15, -0.1) is 0 Å². The van der Waals surface area contributed by atoms with E-state index in [0.717, 1.165) is 17.8 Å². The minimum absolute atomic E-state index is 0.157. The highest BCUT2D eigenvalue weighted by Crippen LogP contribution is 2.04. The Balaban J connectivity index is 2.28. The van der Waals surface area contributed by atoms with Crippen molar-refractivity contribution in [3.8, 4) is 0 Å². The van der Waals surface area contributed by atoms with E-state index in [-0.39, 0.29) is 5.97 Å². The number of carbonyl (C=O) groups excluding carboxylic acids is 1. The third-order valence-corrected chi connectivity index (χ3v) is 2.13. The Hall–Kier alpha value is -1.65. The van der Waals surface area contributed by atoms with Crippen LogP contribution in [-0.4, -0.2) is 29.1 Å². The van der Waals surface area contributed by atoms with Crippen LogP contribution in [0.1, 0.15) is 31.2 Å². The van der Waals surface area contributed by atoms with Crippen LogP contribution in [0.5, 0.6) is 0 Å². The van der Waals surface area contributed by atoms with Crippen LogP contribution in [0.3, 0.4) is 0 Å². The maximum Gasteiger partial charge on any atom is 0.305 e. The van der Waals surface area contributed by atoms with Crippen LogP contribution in [0.25, 0.3) is 0 Å². The van der Waals surface area contributed by atoms with E-state index < -0.39 is 0 Å². The topological polar surface area (TPSA) is 64.1 Å². The number of hydrogen-bond donors (Lipinski definition) is 1. The van der Waals surface area contributed by atoms with Crippen molar-refractivity contribution in [2.45, 2.75) is 33.6 Å². The van der Waals surface area contributed by atoms with E-state index in [1.54, 1.807) is 6.92 Å². The molecule has 1 aromatic rings. The van der Waals surface area contributed by atoms with E-state index in [9.17, 15) is 4.79 Å². The number of aromatic nitrogens is 2. The van der Waals surface area contributed by atoms with Gasteiger partial charge in [-0.3, -0.25) is 4.79 Å². The van der Waals surface area contributed by atoms with Gasteiger partial charge in [0.15, 0.2) is 0 Å². The lowest BCUT2D eigenvalue weighted by molar-refractivity contribution is -0.143. The second-order valence-corrected chi connectivity index (χ2v) is 3.81. The Labute approximate surface area is 102 Å². The number of anilines is 1. The molecule has 0 aliphatic heterocycles. The number of hydrogen-bond acceptors (Lipinski definition) is 5. The summed E-state index contributed by atoms with van der Waals surface area (Å²) in [6, 6.07) is 1.92. The average Bonchev–Trinajstić information content (AvgIpc) is 2.23. The zero-order valence-electron chi connectivity index (χ0n) is 10.6. The molecule has 5 nitrogen and oxygen atoms in total. The molecular formula is C12H19N3O2. The summed E-state index contributed by atoms with van der Waals surface area (Å²) in [4.78, 5) is 19.6. The van der Waals surface area contributed by atoms with Crippen molar-refractivity contribution in [3.63, 3.8) is 0 Å². The zero-order chi connectivity index (χ0) is 12.7. The van der Waals surface area contributed by atoms with Gasteiger partial charge in [0.1, 0.15) is 0 Å². The fraction of sp³-hybridized carbons (Fsp3) is 0.583. The quantitative estimate of drug-likeness (QED) is 0.604. The Kier molecular flexibility index (Phi) is 5.39. The molecule has 0 unspecified atom stereocenters. The largest absolute Gasteiger partial charge is 0.466 e. The monoisotopic (exact) mass is 237 g/mol. The molecule has 0 aliphatic rings. The normalized spacial score (nSPS) is 10.1. The molecule has 0 amide bonds. The lowest BCUT2D eigenvalue weighted by Gasteiger charge is -2.06. The lowest BCUT2D eigenvalue weighted by Crippen LogP contribution is -2.10. The fourth-order valence-electron chi connectivity index (χ4n) is 1.47. The lowest BCUT2D eigenvalue weighted by atomic mass is 10.3. The number of nitrogens with zero attached hydrogens (tertiary/aromatic N) is 2. The molecule has 0 saturated heterocycles. The van der Waals surface area contributed by atoms with Gasteiger partial charge in [0.05, 0.1) is 6.61 Å². The molecule has 1 aromatic heterocycles. The number of nitrogens with one attached hydrogen (secondary N) is 1. The SMILES string of the molecule is CCOC(=O)CCCNc1nc(C)cc(C)n1. The molecule has 5 heteroatoms. The van der Waals surface area contributed by atoms with E-state index >= 15 is 0 Å². The van der Waals surface area contributed by atoms with Crippen LogP contribution in [0, 0.1) is 13.8 Å². The first-order chi connectivity index (χ1) is 8.11. The first-order valence-electron chi connectivity index (χ1n) is 5.83. The van der Waals surface area contributed by atoms with E-state index in [1.165, 1.54) is 0 Å². The second-order valence-electron chi connectivity index (χ2n) is 3.81. The summed E-state index contributed by atoms with van der Waals surface area (Å²) < 4.78 is 4.83. The molecule has 0 aromatic carbocycles. The number of esters is 1. The van der Waals surface area contributed by atoms with E-state index in [0.29, 0.717) is 25.5 Å².